The maximum absolute atomic E-state index is 5.13. The molecule has 0 saturated carbocycles. The van der Waals surface area contributed by atoms with E-state index < -0.39 is 0 Å². The van der Waals surface area contributed by atoms with Gasteiger partial charge in [-0.15, -0.1) is 0 Å². The van der Waals surface area contributed by atoms with E-state index in [-0.39, 0.29) is 0 Å². The molecule has 0 aliphatic heterocycles. The molecule has 2 nitrogen and oxygen atoms in total. The van der Waals surface area contributed by atoms with Crippen LogP contribution in [0.1, 0.15) is 18.9 Å². The fourth-order valence-corrected chi connectivity index (χ4v) is 1.65. The smallest absolute Gasteiger partial charge is 0.0615 e. The van der Waals surface area contributed by atoms with Crippen molar-refractivity contribution in [2.24, 2.45) is 0 Å². The van der Waals surface area contributed by atoms with Gasteiger partial charge in [0.15, 0.2) is 0 Å². The van der Waals surface area contributed by atoms with Crippen molar-refractivity contribution in [3.63, 3.8) is 0 Å². The predicted octanol–water partition coefficient (Wildman–Crippen LogP) is 2.96. The summed E-state index contributed by atoms with van der Waals surface area (Å²) in [6, 6.07) is 8.81. The molecule has 1 aromatic carbocycles. The lowest BCUT2D eigenvalue weighted by molar-refractivity contribution is 0.164. The Kier molecular flexibility index (Phi) is 5.91. The van der Waals surface area contributed by atoms with E-state index in [0.29, 0.717) is 6.04 Å². The summed E-state index contributed by atoms with van der Waals surface area (Å²) in [7, 11) is 1.74. The Morgan fingerprint density at radius 1 is 1.33 bits per heavy atom. The van der Waals surface area contributed by atoms with Crippen molar-refractivity contribution in [3.05, 3.63) is 34.3 Å². The lowest BCUT2D eigenvalue weighted by Crippen LogP contribution is -2.31. The van der Waals surface area contributed by atoms with Gasteiger partial charge < -0.3 is 10.1 Å². The summed E-state index contributed by atoms with van der Waals surface area (Å²) in [5.41, 5.74) is 1.30. The normalized spacial score (nSPS) is 12.7. The van der Waals surface area contributed by atoms with E-state index in [2.05, 4.69) is 52.4 Å². The van der Waals surface area contributed by atoms with Crippen LogP contribution < -0.4 is 5.32 Å². The molecule has 0 aliphatic carbocycles. The summed E-state index contributed by atoms with van der Waals surface area (Å²) >= 11 is 3.42. The lowest BCUT2D eigenvalue weighted by Gasteiger charge is -2.15. The van der Waals surface area contributed by atoms with Gasteiger partial charge >= 0.3 is 0 Å². The molecule has 0 aromatic heterocycles. The Bertz CT molecular complexity index is 273. The Labute approximate surface area is 100 Å². The van der Waals surface area contributed by atoms with E-state index in [1.807, 2.05) is 0 Å². The monoisotopic (exact) mass is 271 g/mol. The predicted molar refractivity (Wildman–Crippen MR) is 66.9 cm³/mol. The van der Waals surface area contributed by atoms with Crippen LogP contribution in [0.15, 0.2) is 28.7 Å². The van der Waals surface area contributed by atoms with E-state index in [1.165, 1.54) is 5.56 Å². The summed E-state index contributed by atoms with van der Waals surface area (Å²) in [6.07, 6.45) is 1.09. The van der Waals surface area contributed by atoms with Crippen molar-refractivity contribution in [3.8, 4) is 0 Å². The van der Waals surface area contributed by atoms with Crippen molar-refractivity contribution in [2.75, 3.05) is 13.7 Å². The first-order chi connectivity index (χ1) is 7.26. The van der Waals surface area contributed by atoms with E-state index in [4.69, 9.17) is 4.74 Å². The minimum Gasteiger partial charge on any atom is -0.383 e. The highest BCUT2D eigenvalue weighted by atomic mass is 79.9. The van der Waals surface area contributed by atoms with Gasteiger partial charge in [0, 0.05) is 24.2 Å². The van der Waals surface area contributed by atoms with Crippen LogP contribution in [0.25, 0.3) is 0 Å². The zero-order valence-corrected chi connectivity index (χ0v) is 10.9. The van der Waals surface area contributed by atoms with Gasteiger partial charge in [-0.25, -0.2) is 0 Å². The molecule has 3 heteroatoms. The van der Waals surface area contributed by atoms with Gasteiger partial charge in [-0.1, -0.05) is 35.0 Å². The number of ether oxygens (including phenoxy) is 1. The Hall–Kier alpha value is -0.380. The number of rotatable bonds is 6. The number of nitrogens with one attached hydrogen (secondary N) is 1. The minimum atomic E-state index is 0.443. The maximum atomic E-state index is 5.13. The molecule has 15 heavy (non-hydrogen) atoms. The third kappa shape index (κ3) is 4.78. The van der Waals surface area contributed by atoms with Crippen LogP contribution in [0.5, 0.6) is 0 Å². The first-order valence-corrected chi connectivity index (χ1v) is 6.02. The molecule has 1 N–H and O–H groups in total. The molecular weight excluding hydrogens is 254 g/mol. The number of benzene rings is 1. The summed E-state index contributed by atoms with van der Waals surface area (Å²) in [4.78, 5) is 0. The van der Waals surface area contributed by atoms with E-state index >= 15 is 0 Å². The third-order valence-electron chi connectivity index (χ3n) is 2.37. The van der Waals surface area contributed by atoms with E-state index in [9.17, 15) is 0 Å². The molecule has 0 bridgehead atoms. The molecule has 1 unspecified atom stereocenters. The molecule has 0 fully saturated rings. The Morgan fingerprint density at radius 3 is 2.53 bits per heavy atom. The van der Waals surface area contributed by atoms with Crippen LogP contribution in [0.3, 0.4) is 0 Å². The van der Waals surface area contributed by atoms with E-state index in [0.717, 1.165) is 24.0 Å². The fourth-order valence-electron chi connectivity index (χ4n) is 1.39. The van der Waals surface area contributed by atoms with Gasteiger partial charge in [-0.05, 0) is 24.1 Å². The zero-order valence-electron chi connectivity index (χ0n) is 9.29. The molecule has 84 valence electrons. The lowest BCUT2D eigenvalue weighted by atomic mass is 10.2. The average Bonchev–Trinajstić information content (AvgIpc) is 2.26. The molecule has 0 radical (unpaired) electrons. The molecule has 0 saturated heterocycles. The summed E-state index contributed by atoms with van der Waals surface area (Å²) < 4.78 is 6.25. The third-order valence-corrected chi connectivity index (χ3v) is 2.90. The minimum absolute atomic E-state index is 0.443. The topological polar surface area (TPSA) is 21.3 Å². The van der Waals surface area contributed by atoms with Gasteiger partial charge in [0.05, 0.1) is 6.61 Å². The van der Waals surface area contributed by atoms with E-state index in [1.54, 1.807) is 7.11 Å². The molecular formula is C12H18BrNO. The molecule has 1 aromatic rings. The molecule has 1 atom stereocenters. The second-order valence-electron chi connectivity index (χ2n) is 3.57. The molecule has 0 aliphatic rings. The van der Waals surface area contributed by atoms with Crippen molar-refractivity contribution >= 4 is 15.9 Å². The van der Waals surface area contributed by atoms with Crippen molar-refractivity contribution < 1.29 is 4.74 Å². The van der Waals surface area contributed by atoms with Crippen molar-refractivity contribution in [1.82, 2.24) is 5.32 Å². The summed E-state index contributed by atoms with van der Waals surface area (Å²) in [6.45, 7) is 3.83. The van der Waals surface area contributed by atoms with Gasteiger partial charge in [0.25, 0.3) is 0 Å². The van der Waals surface area contributed by atoms with Gasteiger partial charge in [-0.3, -0.25) is 0 Å². The quantitative estimate of drug-likeness (QED) is 0.859. The van der Waals surface area contributed by atoms with Crippen LogP contribution in [-0.4, -0.2) is 19.8 Å². The highest BCUT2D eigenvalue weighted by Gasteiger charge is 2.04. The largest absolute Gasteiger partial charge is 0.383 e. The van der Waals surface area contributed by atoms with Gasteiger partial charge in [0.2, 0.25) is 0 Å². The first-order valence-electron chi connectivity index (χ1n) is 5.23. The Morgan fingerprint density at radius 2 is 2.00 bits per heavy atom. The number of hydrogen-bond donors (Lipinski definition) is 1. The van der Waals surface area contributed by atoms with Gasteiger partial charge in [-0.2, -0.15) is 0 Å². The highest BCUT2D eigenvalue weighted by Crippen LogP contribution is 2.10. The van der Waals surface area contributed by atoms with Gasteiger partial charge in [0.1, 0.15) is 0 Å². The summed E-state index contributed by atoms with van der Waals surface area (Å²) in [5, 5.41) is 3.47. The molecule has 0 spiro atoms. The molecule has 0 amide bonds. The highest BCUT2D eigenvalue weighted by molar-refractivity contribution is 9.10. The average molecular weight is 272 g/mol. The van der Waals surface area contributed by atoms with Crippen molar-refractivity contribution in [2.45, 2.75) is 25.9 Å². The first kappa shape index (κ1) is 12.7. The van der Waals surface area contributed by atoms with Crippen LogP contribution in [-0.2, 0) is 11.3 Å². The maximum Gasteiger partial charge on any atom is 0.0615 e. The van der Waals surface area contributed by atoms with Crippen LogP contribution in [0, 0.1) is 0 Å². The van der Waals surface area contributed by atoms with Crippen molar-refractivity contribution in [1.29, 1.82) is 0 Å². The molecule has 0 heterocycles. The standard InChI is InChI=1S/C12H18BrNO/c1-3-12(9-15-2)14-8-10-4-6-11(13)7-5-10/h4-7,12,14H,3,8-9H2,1-2H3. The number of hydrogen-bond acceptors (Lipinski definition) is 2. The Balaban J connectivity index is 2.38. The SMILES string of the molecule is CCC(COC)NCc1ccc(Br)cc1. The van der Waals surface area contributed by atoms with Crippen LogP contribution in [0.4, 0.5) is 0 Å². The number of methoxy groups -OCH3 is 1. The van der Waals surface area contributed by atoms with Crippen LogP contribution >= 0.6 is 15.9 Å². The second kappa shape index (κ2) is 6.99. The summed E-state index contributed by atoms with van der Waals surface area (Å²) in [5.74, 6) is 0. The molecule has 1 rings (SSSR count). The number of halogens is 1. The zero-order chi connectivity index (χ0) is 11.1. The van der Waals surface area contributed by atoms with Crippen LogP contribution in [0.2, 0.25) is 0 Å². The fraction of sp³-hybridized carbons (Fsp3) is 0.500. The second-order valence-corrected chi connectivity index (χ2v) is 4.48.